The Morgan fingerprint density at radius 3 is 2.39 bits per heavy atom. The zero-order valence-electron chi connectivity index (χ0n) is 17.0. The zero-order chi connectivity index (χ0) is 21.6. The van der Waals surface area contributed by atoms with Gasteiger partial charge in [0.05, 0.1) is 22.5 Å². The molecule has 2 amide bonds. The summed E-state index contributed by atoms with van der Waals surface area (Å²) in [6.45, 7) is 2.75. The van der Waals surface area contributed by atoms with Gasteiger partial charge in [-0.05, 0) is 42.8 Å². The Kier molecular flexibility index (Phi) is 6.48. The maximum Gasteiger partial charge on any atom is 0.255 e. The maximum atomic E-state index is 12.8. The van der Waals surface area contributed by atoms with Gasteiger partial charge >= 0.3 is 0 Å². The number of carbonyl (C=O) groups is 2. The third-order valence-electron chi connectivity index (χ3n) is 5.25. The fourth-order valence-electron chi connectivity index (χ4n) is 3.59. The third-order valence-corrected chi connectivity index (χ3v) is 5.58. The fraction of sp³-hybridized carbons (Fsp3) is 0.208. The average molecular weight is 435 g/mol. The lowest BCUT2D eigenvalue weighted by atomic mass is 10.2. The largest absolute Gasteiger partial charge is 0.355 e. The van der Waals surface area contributed by atoms with E-state index in [1.807, 2.05) is 47.4 Å². The molecule has 0 bridgehead atoms. The van der Waals surface area contributed by atoms with Gasteiger partial charge in [0.2, 0.25) is 0 Å². The smallest absolute Gasteiger partial charge is 0.255 e. The van der Waals surface area contributed by atoms with Crippen molar-refractivity contribution in [2.24, 2.45) is 0 Å². The molecule has 0 spiro atoms. The van der Waals surface area contributed by atoms with Crippen LogP contribution in [0.15, 0.2) is 72.9 Å². The molecule has 6 nitrogen and oxygen atoms in total. The Morgan fingerprint density at radius 2 is 1.65 bits per heavy atom. The molecule has 31 heavy (non-hydrogen) atoms. The third kappa shape index (κ3) is 5.03. The number of benzene rings is 2. The number of nitrogens with zero attached hydrogens (tertiary/aromatic N) is 3. The number of amides is 2. The van der Waals surface area contributed by atoms with Gasteiger partial charge in [-0.2, -0.15) is 0 Å². The van der Waals surface area contributed by atoms with Crippen LogP contribution in [0.1, 0.15) is 27.1 Å². The quantitative estimate of drug-likeness (QED) is 0.663. The summed E-state index contributed by atoms with van der Waals surface area (Å²) in [4.78, 5) is 33.7. The Bertz CT molecular complexity index is 1060. The van der Waals surface area contributed by atoms with Gasteiger partial charge in [-0.1, -0.05) is 41.9 Å². The highest BCUT2D eigenvalue weighted by atomic mass is 35.5. The summed E-state index contributed by atoms with van der Waals surface area (Å²) < 4.78 is 0. The summed E-state index contributed by atoms with van der Waals surface area (Å²) in [5.41, 5.74) is 1.78. The van der Waals surface area contributed by atoms with Crippen LogP contribution in [-0.4, -0.2) is 47.9 Å². The lowest BCUT2D eigenvalue weighted by Crippen LogP contribution is -2.35. The van der Waals surface area contributed by atoms with Crippen LogP contribution in [0.25, 0.3) is 0 Å². The number of pyridine rings is 1. The number of rotatable bonds is 4. The average Bonchev–Trinajstić information content (AvgIpc) is 3.06. The molecule has 0 aliphatic carbocycles. The molecule has 4 rings (SSSR count). The summed E-state index contributed by atoms with van der Waals surface area (Å²) in [5, 5.41) is 3.34. The molecule has 158 valence electrons. The van der Waals surface area contributed by atoms with Crippen molar-refractivity contribution in [1.29, 1.82) is 0 Å². The Morgan fingerprint density at radius 1 is 0.871 bits per heavy atom. The zero-order valence-corrected chi connectivity index (χ0v) is 17.8. The highest BCUT2D eigenvalue weighted by molar-refractivity contribution is 6.33. The molecule has 1 aliphatic rings. The number of halogens is 1. The van der Waals surface area contributed by atoms with E-state index in [0.717, 1.165) is 18.8 Å². The van der Waals surface area contributed by atoms with Crippen molar-refractivity contribution in [1.82, 2.24) is 9.88 Å². The van der Waals surface area contributed by atoms with E-state index in [1.165, 1.54) is 0 Å². The normalized spacial score (nSPS) is 14.1. The van der Waals surface area contributed by atoms with E-state index in [4.69, 9.17) is 11.6 Å². The van der Waals surface area contributed by atoms with Crippen molar-refractivity contribution in [3.8, 4) is 0 Å². The second kappa shape index (κ2) is 9.62. The summed E-state index contributed by atoms with van der Waals surface area (Å²) in [6, 6.07) is 20.0. The van der Waals surface area contributed by atoms with E-state index < -0.39 is 0 Å². The van der Waals surface area contributed by atoms with Gasteiger partial charge in [0, 0.05) is 31.7 Å². The molecule has 1 aromatic heterocycles. The van der Waals surface area contributed by atoms with Gasteiger partial charge in [-0.3, -0.25) is 9.59 Å². The second-order valence-electron chi connectivity index (χ2n) is 7.34. The van der Waals surface area contributed by atoms with Crippen LogP contribution in [-0.2, 0) is 0 Å². The van der Waals surface area contributed by atoms with Crippen molar-refractivity contribution in [2.75, 3.05) is 36.4 Å². The van der Waals surface area contributed by atoms with Crippen LogP contribution >= 0.6 is 11.6 Å². The minimum atomic E-state index is -0.168. The number of anilines is 2. The molecule has 1 fully saturated rings. The van der Waals surface area contributed by atoms with Crippen LogP contribution in [0.5, 0.6) is 0 Å². The maximum absolute atomic E-state index is 12.8. The topological polar surface area (TPSA) is 65.5 Å². The minimum absolute atomic E-state index is 0.0422. The summed E-state index contributed by atoms with van der Waals surface area (Å²) in [6.07, 6.45) is 2.50. The molecule has 0 saturated carbocycles. The van der Waals surface area contributed by atoms with Crippen molar-refractivity contribution < 1.29 is 9.59 Å². The fourth-order valence-corrected chi connectivity index (χ4v) is 3.81. The van der Waals surface area contributed by atoms with Crippen LogP contribution in [0, 0.1) is 0 Å². The Labute approximate surface area is 186 Å². The molecule has 0 radical (unpaired) electrons. The lowest BCUT2D eigenvalue weighted by Gasteiger charge is -2.23. The standard InChI is InChI=1S/C24H23ClN4O2/c25-21-10-5-4-9-20(21)24(31)29-14-6-13-28(15-16-29)22-12-11-19(17-26-22)27-23(30)18-7-2-1-3-8-18/h1-5,7-12,17H,6,13-16H2,(H,27,30). The molecule has 2 aromatic carbocycles. The van der Waals surface area contributed by atoms with Crippen molar-refractivity contribution >= 4 is 34.9 Å². The first-order valence-corrected chi connectivity index (χ1v) is 10.6. The lowest BCUT2D eigenvalue weighted by molar-refractivity contribution is 0.0767. The van der Waals surface area contributed by atoms with Crippen molar-refractivity contribution in [3.05, 3.63) is 89.1 Å². The summed E-state index contributed by atoms with van der Waals surface area (Å²) in [5.74, 6) is 0.614. The van der Waals surface area contributed by atoms with Crippen LogP contribution in [0.4, 0.5) is 11.5 Å². The minimum Gasteiger partial charge on any atom is -0.355 e. The molecule has 0 atom stereocenters. The first-order valence-electron chi connectivity index (χ1n) is 10.2. The van der Waals surface area contributed by atoms with Gasteiger partial charge in [-0.15, -0.1) is 0 Å². The number of hydrogen-bond acceptors (Lipinski definition) is 4. The van der Waals surface area contributed by atoms with E-state index in [9.17, 15) is 9.59 Å². The second-order valence-corrected chi connectivity index (χ2v) is 7.75. The van der Waals surface area contributed by atoms with Crippen LogP contribution in [0.3, 0.4) is 0 Å². The molecule has 1 N–H and O–H groups in total. The van der Waals surface area contributed by atoms with Crippen molar-refractivity contribution in [2.45, 2.75) is 6.42 Å². The highest BCUT2D eigenvalue weighted by Gasteiger charge is 2.22. The first kappa shape index (κ1) is 20.9. The molecular weight excluding hydrogens is 412 g/mol. The predicted molar refractivity (Wildman–Crippen MR) is 123 cm³/mol. The number of nitrogens with one attached hydrogen (secondary N) is 1. The molecule has 2 heterocycles. The number of carbonyl (C=O) groups excluding carboxylic acids is 2. The van der Waals surface area contributed by atoms with Gasteiger partial charge < -0.3 is 15.1 Å². The molecule has 1 aliphatic heterocycles. The monoisotopic (exact) mass is 434 g/mol. The predicted octanol–water partition coefficient (Wildman–Crippen LogP) is 4.34. The van der Waals surface area contributed by atoms with Crippen molar-refractivity contribution in [3.63, 3.8) is 0 Å². The molecular formula is C24H23ClN4O2. The van der Waals surface area contributed by atoms with E-state index in [0.29, 0.717) is 41.5 Å². The summed E-state index contributed by atoms with van der Waals surface area (Å²) >= 11 is 6.20. The first-order chi connectivity index (χ1) is 15.1. The van der Waals surface area contributed by atoms with Gasteiger partial charge in [0.25, 0.3) is 11.8 Å². The SMILES string of the molecule is O=C(Nc1ccc(N2CCCN(C(=O)c3ccccc3Cl)CC2)nc1)c1ccccc1. The highest BCUT2D eigenvalue weighted by Crippen LogP contribution is 2.20. The van der Waals surface area contributed by atoms with Gasteiger partial charge in [0.1, 0.15) is 5.82 Å². The Balaban J connectivity index is 1.38. The number of hydrogen-bond donors (Lipinski definition) is 1. The van der Waals surface area contributed by atoms with Gasteiger partial charge in [-0.25, -0.2) is 4.98 Å². The van der Waals surface area contributed by atoms with E-state index in [1.54, 1.807) is 30.5 Å². The van der Waals surface area contributed by atoms with E-state index >= 15 is 0 Å². The van der Waals surface area contributed by atoms with E-state index in [2.05, 4.69) is 15.2 Å². The van der Waals surface area contributed by atoms with Crippen LogP contribution in [0.2, 0.25) is 5.02 Å². The molecule has 7 heteroatoms. The van der Waals surface area contributed by atoms with E-state index in [-0.39, 0.29) is 11.8 Å². The molecule has 0 unspecified atom stereocenters. The molecule has 3 aromatic rings. The van der Waals surface area contributed by atoms with Gasteiger partial charge in [0.15, 0.2) is 0 Å². The summed E-state index contributed by atoms with van der Waals surface area (Å²) in [7, 11) is 0. The van der Waals surface area contributed by atoms with Crippen LogP contribution < -0.4 is 10.2 Å². The molecule has 1 saturated heterocycles. The Hall–Kier alpha value is -3.38. The number of aromatic nitrogens is 1.